The fourth-order valence-corrected chi connectivity index (χ4v) is 3.17. The van der Waals surface area contributed by atoms with Crippen molar-refractivity contribution in [3.63, 3.8) is 0 Å². The highest BCUT2D eigenvalue weighted by Gasteiger charge is 2.35. The van der Waals surface area contributed by atoms with Crippen LogP contribution in [0.25, 0.3) is 0 Å². The van der Waals surface area contributed by atoms with Gasteiger partial charge in [-0.25, -0.2) is 8.42 Å². The van der Waals surface area contributed by atoms with E-state index in [1.807, 2.05) is 18.2 Å². The van der Waals surface area contributed by atoms with Crippen molar-refractivity contribution < 1.29 is 13.2 Å². The van der Waals surface area contributed by atoms with Gasteiger partial charge < -0.3 is 10.2 Å². The number of amides is 1. The Hall–Kier alpha value is -1.11. The molecule has 5 nitrogen and oxygen atoms in total. The molecule has 0 radical (unpaired) electrons. The summed E-state index contributed by atoms with van der Waals surface area (Å²) in [4.78, 5) is 14.1. The Labute approximate surface area is 130 Å². The number of hydrogen-bond acceptors (Lipinski definition) is 4. The molecule has 1 fully saturated rings. The van der Waals surface area contributed by atoms with E-state index in [0.717, 1.165) is 11.8 Å². The van der Waals surface area contributed by atoms with Gasteiger partial charge in [-0.3, -0.25) is 4.79 Å². The predicted molar refractivity (Wildman–Crippen MR) is 83.1 cm³/mol. The zero-order valence-electron chi connectivity index (χ0n) is 12.0. The van der Waals surface area contributed by atoms with Crippen LogP contribution in [0.3, 0.4) is 0 Å². The molecule has 1 aliphatic rings. The molecule has 1 amide bonds. The first-order valence-corrected chi connectivity index (χ1v) is 9.10. The van der Waals surface area contributed by atoms with Crippen molar-refractivity contribution >= 4 is 27.3 Å². The molecule has 0 aromatic heterocycles. The van der Waals surface area contributed by atoms with Gasteiger partial charge in [0.2, 0.25) is 5.91 Å². The topological polar surface area (TPSA) is 66.5 Å². The second-order valence-corrected chi connectivity index (χ2v) is 8.02. The minimum absolute atomic E-state index is 0.246. The van der Waals surface area contributed by atoms with Gasteiger partial charge in [0.25, 0.3) is 0 Å². The minimum atomic E-state index is -3.41. The van der Waals surface area contributed by atoms with E-state index in [-0.39, 0.29) is 11.9 Å². The summed E-state index contributed by atoms with van der Waals surface area (Å²) in [7, 11) is -3.41. The number of nitrogens with zero attached hydrogens (tertiary/aromatic N) is 1. The summed E-state index contributed by atoms with van der Waals surface area (Å²) in [6.07, 6.45) is 1.09. The second-order valence-electron chi connectivity index (χ2n) is 5.24. The molecule has 116 valence electrons. The van der Waals surface area contributed by atoms with Gasteiger partial charge in [0.15, 0.2) is 9.84 Å². The van der Waals surface area contributed by atoms with Crippen LogP contribution >= 0.6 is 11.6 Å². The molecule has 1 heterocycles. The zero-order valence-corrected chi connectivity index (χ0v) is 13.6. The van der Waals surface area contributed by atoms with E-state index in [9.17, 15) is 13.2 Å². The van der Waals surface area contributed by atoms with E-state index in [4.69, 9.17) is 11.6 Å². The quantitative estimate of drug-likeness (QED) is 0.905. The van der Waals surface area contributed by atoms with E-state index in [0.29, 0.717) is 24.7 Å². The summed E-state index contributed by atoms with van der Waals surface area (Å²) in [5.74, 6) is -0.371. The number of sulfone groups is 1. The lowest BCUT2D eigenvalue weighted by atomic mass is 10.0. The summed E-state index contributed by atoms with van der Waals surface area (Å²) in [5, 5.41) is 2.76. The largest absolute Gasteiger partial charge is 0.332 e. The number of hydrogen-bond donors (Lipinski definition) is 1. The molecule has 2 rings (SSSR count). The van der Waals surface area contributed by atoms with Gasteiger partial charge in [-0.05, 0) is 18.6 Å². The third kappa shape index (κ3) is 3.56. The summed E-state index contributed by atoms with van der Waals surface area (Å²) in [6.45, 7) is 3.10. The normalized spacial score (nSPS) is 21.1. The molecular formula is C14H19ClN2O3S. The van der Waals surface area contributed by atoms with Crippen LogP contribution in [0.15, 0.2) is 24.3 Å². The lowest BCUT2D eigenvalue weighted by molar-refractivity contribution is -0.133. The van der Waals surface area contributed by atoms with Crippen molar-refractivity contribution in [3.05, 3.63) is 34.9 Å². The Morgan fingerprint density at radius 2 is 2.10 bits per heavy atom. The van der Waals surface area contributed by atoms with Crippen LogP contribution in [0.4, 0.5) is 0 Å². The summed E-state index contributed by atoms with van der Waals surface area (Å²) in [5.41, 5.74) is 0.834. The van der Waals surface area contributed by atoms with E-state index in [1.165, 1.54) is 6.92 Å². The van der Waals surface area contributed by atoms with Gasteiger partial charge in [-0.2, -0.15) is 0 Å². The zero-order chi connectivity index (χ0) is 15.6. The maximum absolute atomic E-state index is 12.5. The number of piperazine rings is 1. The third-order valence-electron chi connectivity index (χ3n) is 3.78. The van der Waals surface area contributed by atoms with Crippen LogP contribution in [0.2, 0.25) is 5.02 Å². The van der Waals surface area contributed by atoms with Gasteiger partial charge in [0.05, 0.1) is 6.04 Å². The Bertz CT molecular complexity index is 633. The standard InChI is InChI=1S/C14H19ClN2O3S/c1-10(21(2,19)20)14(18)17-8-7-16-9-13(17)11-5-3-4-6-12(11)15/h3-6,10,13,16H,7-9H2,1-2H3. The molecule has 2 unspecified atom stereocenters. The summed E-state index contributed by atoms with van der Waals surface area (Å²) < 4.78 is 23.3. The molecule has 0 spiro atoms. The second kappa shape index (κ2) is 6.34. The van der Waals surface area contributed by atoms with E-state index >= 15 is 0 Å². The molecule has 1 aromatic carbocycles. The number of benzene rings is 1. The maximum Gasteiger partial charge on any atom is 0.241 e. The fraction of sp³-hybridized carbons (Fsp3) is 0.500. The Kier molecular flexibility index (Phi) is 4.91. The van der Waals surface area contributed by atoms with Crippen LogP contribution < -0.4 is 5.32 Å². The van der Waals surface area contributed by atoms with Gasteiger partial charge in [-0.1, -0.05) is 29.8 Å². The average molecular weight is 331 g/mol. The fourth-order valence-electron chi connectivity index (χ4n) is 2.41. The maximum atomic E-state index is 12.5. The summed E-state index contributed by atoms with van der Waals surface area (Å²) in [6, 6.07) is 7.08. The Morgan fingerprint density at radius 1 is 1.43 bits per heavy atom. The smallest absolute Gasteiger partial charge is 0.241 e. The van der Waals surface area contributed by atoms with Crippen molar-refractivity contribution in [1.82, 2.24) is 10.2 Å². The predicted octanol–water partition coefficient (Wildman–Crippen LogP) is 1.25. The Morgan fingerprint density at radius 3 is 2.71 bits per heavy atom. The minimum Gasteiger partial charge on any atom is -0.332 e. The number of carbonyl (C=O) groups excluding carboxylic acids is 1. The summed E-state index contributed by atoms with van der Waals surface area (Å²) >= 11 is 6.21. The lowest BCUT2D eigenvalue weighted by Gasteiger charge is -2.38. The van der Waals surface area contributed by atoms with E-state index in [2.05, 4.69) is 5.32 Å². The highest BCUT2D eigenvalue weighted by atomic mass is 35.5. The molecule has 7 heteroatoms. The molecule has 1 aliphatic heterocycles. The molecular weight excluding hydrogens is 312 g/mol. The third-order valence-corrected chi connectivity index (χ3v) is 5.61. The molecule has 21 heavy (non-hydrogen) atoms. The van der Waals surface area contributed by atoms with Gasteiger partial charge in [0.1, 0.15) is 5.25 Å². The van der Waals surface area contributed by atoms with Crippen LogP contribution in [0.1, 0.15) is 18.5 Å². The van der Waals surface area contributed by atoms with Gasteiger partial charge in [-0.15, -0.1) is 0 Å². The number of nitrogens with one attached hydrogen (secondary N) is 1. The number of rotatable bonds is 3. The van der Waals surface area contributed by atoms with E-state index < -0.39 is 15.1 Å². The first-order valence-electron chi connectivity index (χ1n) is 6.77. The number of carbonyl (C=O) groups is 1. The SMILES string of the molecule is CC(C(=O)N1CCNCC1c1ccccc1Cl)S(C)(=O)=O. The molecule has 1 N–H and O–H groups in total. The van der Waals surface area contributed by atoms with Crippen LogP contribution in [-0.4, -0.2) is 50.4 Å². The van der Waals surface area contributed by atoms with Crippen molar-refractivity contribution in [2.45, 2.75) is 18.2 Å². The highest BCUT2D eigenvalue weighted by molar-refractivity contribution is 7.92. The van der Waals surface area contributed by atoms with Crippen LogP contribution in [-0.2, 0) is 14.6 Å². The lowest BCUT2D eigenvalue weighted by Crippen LogP contribution is -2.52. The van der Waals surface area contributed by atoms with Crippen molar-refractivity contribution in [2.75, 3.05) is 25.9 Å². The average Bonchev–Trinajstić information content (AvgIpc) is 2.45. The van der Waals surface area contributed by atoms with Crippen molar-refractivity contribution in [3.8, 4) is 0 Å². The molecule has 1 aromatic rings. The van der Waals surface area contributed by atoms with Gasteiger partial charge >= 0.3 is 0 Å². The van der Waals surface area contributed by atoms with E-state index in [1.54, 1.807) is 11.0 Å². The monoisotopic (exact) mass is 330 g/mol. The number of halogens is 1. The molecule has 0 saturated carbocycles. The Balaban J connectivity index is 2.32. The van der Waals surface area contributed by atoms with Crippen molar-refractivity contribution in [1.29, 1.82) is 0 Å². The first kappa shape index (κ1) is 16.3. The van der Waals surface area contributed by atoms with Crippen LogP contribution in [0, 0.1) is 0 Å². The van der Waals surface area contributed by atoms with Crippen LogP contribution in [0.5, 0.6) is 0 Å². The van der Waals surface area contributed by atoms with Crippen molar-refractivity contribution in [2.24, 2.45) is 0 Å². The molecule has 0 aliphatic carbocycles. The molecule has 0 bridgehead atoms. The molecule has 1 saturated heterocycles. The highest BCUT2D eigenvalue weighted by Crippen LogP contribution is 2.29. The van der Waals surface area contributed by atoms with Gasteiger partial charge in [0, 0.05) is 30.9 Å². The first-order chi connectivity index (χ1) is 9.82. The molecule has 2 atom stereocenters.